The summed E-state index contributed by atoms with van der Waals surface area (Å²) in [5.74, 6) is -0.276. The van der Waals surface area contributed by atoms with Gasteiger partial charge in [0, 0.05) is 11.1 Å². The molecule has 6 nitrogen and oxygen atoms in total. The van der Waals surface area contributed by atoms with Gasteiger partial charge in [-0.25, -0.2) is 4.98 Å². The molecule has 1 unspecified atom stereocenters. The van der Waals surface area contributed by atoms with E-state index < -0.39 is 0 Å². The number of aromatic nitrogens is 3. The summed E-state index contributed by atoms with van der Waals surface area (Å²) in [4.78, 5) is 17.6. The molecular formula is C13H19N5OS. The minimum absolute atomic E-state index is 0.160. The lowest BCUT2D eigenvalue weighted by atomic mass is 10.2. The van der Waals surface area contributed by atoms with E-state index in [0.717, 1.165) is 28.4 Å². The Morgan fingerprint density at radius 2 is 2.35 bits per heavy atom. The first kappa shape index (κ1) is 14.5. The number of thiazole rings is 1. The minimum atomic E-state index is -0.276. The fourth-order valence-electron chi connectivity index (χ4n) is 1.90. The third-order valence-electron chi connectivity index (χ3n) is 2.96. The highest BCUT2D eigenvalue weighted by atomic mass is 32.1. The van der Waals surface area contributed by atoms with Crippen LogP contribution in [0.1, 0.15) is 52.4 Å². The van der Waals surface area contributed by atoms with Crippen molar-refractivity contribution in [2.45, 2.75) is 39.7 Å². The quantitative estimate of drug-likeness (QED) is 0.787. The molecule has 2 aromatic heterocycles. The first-order valence-corrected chi connectivity index (χ1v) is 7.40. The van der Waals surface area contributed by atoms with Crippen molar-refractivity contribution in [1.82, 2.24) is 20.5 Å². The zero-order chi connectivity index (χ0) is 14.7. The first-order valence-electron chi connectivity index (χ1n) is 6.58. The fraction of sp³-hybridized carbons (Fsp3) is 0.462. The number of aryl methyl sites for hydroxylation is 2. The van der Waals surface area contributed by atoms with Gasteiger partial charge in [-0.05, 0) is 20.3 Å². The molecule has 2 rings (SSSR count). The number of nitrogens with zero attached hydrogens (tertiary/aromatic N) is 2. The Bertz CT molecular complexity index is 604. The van der Waals surface area contributed by atoms with Gasteiger partial charge in [0.1, 0.15) is 5.01 Å². The van der Waals surface area contributed by atoms with Gasteiger partial charge in [-0.3, -0.25) is 9.89 Å². The molecule has 20 heavy (non-hydrogen) atoms. The molecule has 1 amide bonds. The molecular weight excluding hydrogens is 274 g/mol. The van der Waals surface area contributed by atoms with E-state index in [-0.39, 0.29) is 17.6 Å². The number of nitrogens with two attached hydrogens (primary N) is 1. The van der Waals surface area contributed by atoms with Crippen LogP contribution in [0, 0.1) is 6.92 Å². The molecule has 0 fully saturated rings. The van der Waals surface area contributed by atoms with Crippen molar-refractivity contribution in [2.24, 2.45) is 0 Å². The number of carbonyl (C=O) groups is 1. The second-order valence-electron chi connectivity index (χ2n) is 4.72. The Balaban J connectivity index is 2.08. The summed E-state index contributed by atoms with van der Waals surface area (Å²) >= 11 is 1.57. The number of amides is 1. The van der Waals surface area contributed by atoms with E-state index in [9.17, 15) is 4.79 Å². The van der Waals surface area contributed by atoms with Crippen LogP contribution in [0.15, 0.2) is 6.20 Å². The van der Waals surface area contributed by atoms with Crippen molar-refractivity contribution in [3.8, 4) is 0 Å². The van der Waals surface area contributed by atoms with Crippen molar-refractivity contribution in [1.29, 1.82) is 0 Å². The lowest BCUT2D eigenvalue weighted by Crippen LogP contribution is -2.27. The number of nitrogens with one attached hydrogen (secondary N) is 2. The summed E-state index contributed by atoms with van der Waals surface area (Å²) < 4.78 is 0. The molecule has 0 aliphatic heterocycles. The standard InChI is InChI=1S/C13H19N5OS/c1-4-5-9-10(14)11(18-17-9)12(19)16-8(3)13-15-6-7(2)20-13/h6,8H,4-5,14H2,1-3H3,(H,16,19)(H,17,18). The van der Waals surface area contributed by atoms with Gasteiger partial charge in [-0.2, -0.15) is 5.10 Å². The van der Waals surface area contributed by atoms with E-state index in [1.165, 1.54) is 0 Å². The van der Waals surface area contributed by atoms with E-state index in [4.69, 9.17) is 5.73 Å². The summed E-state index contributed by atoms with van der Waals surface area (Å²) in [6.07, 6.45) is 3.53. The van der Waals surface area contributed by atoms with E-state index in [0.29, 0.717) is 5.69 Å². The lowest BCUT2D eigenvalue weighted by Gasteiger charge is -2.10. The van der Waals surface area contributed by atoms with Gasteiger partial charge in [-0.1, -0.05) is 13.3 Å². The molecule has 1 atom stereocenters. The van der Waals surface area contributed by atoms with Crippen LogP contribution < -0.4 is 11.1 Å². The predicted molar refractivity (Wildman–Crippen MR) is 79.7 cm³/mol. The zero-order valence-electron chi connectivity index (χ0n) is 11.9. The van der Waals surface area contributed by atoms with E-state index in [1.807, 2.05) is 20.8 Å². The lowest BCUT2D eigenvalue weighted by molar-refractivity contribution is 0.0935. The maximum atomic E-state index is 12.2. The molecule has 0 aliphatic rings. The number of carbonyl (C=O) groups excluding carboxylic acids is 1. The summed E-state index contributed by atoms with van der Waals surface area (Å²) in [7, 11) is 0. The highest BCUT2D eigenvalue weighted by molar-refractivity contribution is 7.11. The summed E-state index contributed by atoms with van der Waals surface area (Å²) in [5.41, 5.74) is 7.45. The normalized spacial score (nSPS) is 12.3. The van der Waals surface area contributed by atoms with Gasteiger partial charge in [-0.15, -0.1) is 11.3 Å². The predicted octanol–water partition coefficient (Wildman–Crippen LogP) is 2.20. The molecule has 0 aromatic carbocycles. The van der Waals surface area contributed by atoms with Gasteiger partial charge < -0.3 is 11.1 Å². The van der Waals surface area contributed by atoms with Crippen molar-refractivity contribution >= 4 is 22.9 Å². The Labute approximate surface area is 121 Å². The third-order valence-corrected chi connectivity index (χ3v) is 4.05. The molecule has 2 heterocycles. The average Bonchev–Trinajstić information content (AvgIpc) is 2.98. The number of aromatic amines is 1. The maximum Gasteiger partial charge on any atom is 0.274 e. The van der Waals surface area contributed by atoms with Crippen LogP contribution in [-0.2, 0) is 6.42 Å². The zero-order valence-corrected chi connectivity index (χ0v) is 12.7. The van der Waals surface area contributed by atoms with Crippen LogP contribution in [0.3, 0.4) is 0 Å². The molecule has 0 aliphatic carbocycles. The van der Waals surface area contributed by atoms with Crippen LogP contribution in [0.5, 0.6) is 0 Å². The van der Waals surface area contributed by atoms with E-state index in [1.54, 1.807) is 17.5 Å². The molecule has 0 spiro atoms. The van der Waals surface area contributed by atoms with E-state index in [2.05, 4.69) is 20.5 Å². The molecule has 0 saturated carbocycles. The average molecular weight is 293 g/mol. The molecule has 2 aromatic rings. The second-order valence-corrected chi connectivity index (χ2v) is 5.99. The number of nitrogen functional groups attached to an aromatic ring is 1. The Morgan fingerprint density at radius 1 is 1.60 bits per heavy atom. The van der Waals surface area contributed by atoms with Crippen molar-refractivity contribution < 1.29 is 4.79 Å². The monoisotopic (exact) mass is 293 g/mol. The second kappa shape index (κ2) is 6.04. The molecule has 0 saturated heterocycles. The SMILES string of the molecule is CCCc1[nH]nc(C(=O)NC(C)c2ncc(C)s2)c1N. The smallest absolute Gasteiger partial charge is 0.274 e. The first-order chi connectivity index (χ1) is 9.52. The Kier molecular flexibility index (Phi) is 4.39. The largest absolute Gasteiger partial charge is 0.395 e. The van der Waals surface area contributed by atoms with Gasteiger partial charge in [0.05, 0.1) is 17.4 Å². The van der Waals surface area contributed by atoms with Crippen LogP contribution in [0.25, 0.3) is 0 Å². The highest BCUT2D eigenvalue weighted by Gasteiger charge is 2.20. The van der Waals surface area contributed by atoms with Gasteiger partial charge in [0.25, 0.3) is 5.91 Å². The molecule has 0 bridgehead atoms. The van der Waals surface area contributed by atoms with Crippen LogP contribution >= 0.6 is 11.3 Å². The Morgan fingerprint density at radius 3 is 2.95 bits per heavy atom. The van der Waals surface area contributed by atoms with Crippen molar-refractivity contribution in [3.05, 3.63) is 27.5 Å². The van der Waals surface area contributed by atoms with Crippen LogP contribution in [0.2, 0.25) is 0 Å². The Hall–Kier alpha value is -1.89. The van der Waals surface area contributed by atoms with Crippen LogP contribution in [-0.4, -0.2) is 21.1 Å². The summed E-state index contributed by atoms with van der Waals surface area (Å²) in [5, 5.41) is 10.6. The van der Waals surface area contributed by atoms with E-state index >= 15 is 0 Å². The number of anilines is 1. The van der Waals surface area contributed by atoms with Crippen LogP contribution in [0.4, 0.5) is 5.69 Å². The van der Waals surface area contributed by atoms with Gasteiger partial charge in [0.2, 0.25) is 0 Å². The topological polar surface area (TPSA) is 96.7 Å². The third kappa shape index (κ3) is 2.98. The minimum Gasteiger partial charge on any atom is -0.395 e. The number of H-pyrrole nitrogens is 1. The fourth-order valence-corrected chi connectivity index (χ4v) is 2.68. The van der Waals surface area contributed by atoms with Gasteiger partial charge in [0.15, 0.2) is 5.69 Å². The van der Waals surface area contributed by atoms with Crippen molar-refractivity contribution in [2.75, 3.05) is 5.73 Å². The molecule has 4 N–H and O–H groups in total. The maximum absolute atomic E-state index is 12.2. The number of hydrogen-bond acceptors (Lipinski definition) is 5. The molecule has 0 radical (unpaired) electrons. The van der Waals surface area contributed by atoms with Crippen molar-refractivity contribution in [3.63, 3.8) is 0 Å². The molecule has 108 valence electrons. The molecule has 7 heteroatoms. The number of rotatable bonds is 5. The number of hydrogen-bond donors (Lipinski definition) is 3. The summed E-state index contributed by atoms with van der Waals surface area (Å²) in [6, 6.07) is -0.160. The van der Waals surface area contributed by atoms with Gasteiger partial charge >= 0.3 is 0 Å². The summed E-state index contributed by atoms with van der Waals surface area (Å²) in [6.45, 7) is 5.93. The highest BCUT2D eigenvalue weighted by Crippen LogP contribution is 2.21.